The Morgan fingerprint density at radius 3 is 2.11 bits per heavy atom. The number of anilines is 1. The van der Waals surface area contributed by atoms with Gasteiger partial charge in [0.1, 0.15) is 11.9 Å². The van der Waals surface area contributed by atoms with Gasteiger partial charge < -0.3 is 15.1 Å². The lowest BCUT2D eigenvalue weighted by Crippen LogP contribution is -2.53. The predicted molar refractivity (Wildman–Crippen MR) is 154 cm³/mol. The van der Waals surface area contributed by atoms with Gasteiger partial charge in [-0.25, -0.2) is 4.79 Å². The smallest absolute Gasteiger partial charge is 0.326 e. The lowest BCUT2D eigenvalue weighted by molar-refractivity contribution is 0.157. The number of amides is 2. The predicted octanol–water partition coefficient (Wildman–Crippen LogP) is 6.16. The third kappa shape index (κ3) is 5.00. The zero-order chi connectivity index (χ0) is 26.1. The van der Waals surface area contributed by atoms with Gasteiger partial charge in [0.15, 0.2) is 0 Å². The summed E-state index contributed by atoms with van der Waals surface area (Å²) in [7, 11) is 0. The van der Waals surface area contributed by atoms with Crippen molar-refractivity contribution < 1.29 is 4.79 Å². The number of nitrogens with zero attached hydrogens (tertiary/aromatic N) is 4. The highest BCUT2D eigenvalue weighted by Crippen LogP contribution is 2.44. The quantitative estimate of drug-likeness (QED) is 0.425. The lowest BCUT2D eigenvalue weighted by atomic mass is 9.93. The lowest BCUT2D eigenvalue weighted by Gasteiger charge is -2.36. The second-order valence-electron chi connectivity index (χ2n) is 10.1. The average molecular weight is 549 g/mol. The Labute approximate surface area is 233 Å². The van der Waals surface area contributed by atoms with Gasteiger partial charge >= 0.3 is 6.03 Å². The van der Waals surface area contributed by atoms with Gasteiger partial charge in [0.25, 0.3) is 0 Å². The minimum absolute atomic E-state index is 0.0201. The van der Waals surface area contributed by atoms with Crippen LogP contribution in [0.2, 0.25) is 10.0 Å². The number of urea groups is 1. The molecule has 2 saturated heterocycles. The topological polar surface area (TPSA) is 51.2 Å². The molecule has 2 amide bonds. The summed E-state index contributed by atoms with van der Waals surface area (Å²) in [5, 5.41) is 4.69. The number of halogens is 2. The van der Waals surface area contributed by atoms with E-state index in [0.717, 1.165) is 42.9 Å². The summed E-state index contributed by atoms with van der Waals surface area (Å²) in [6.45, 7) is 5.00. The molecule has 3 aromatic rings. The van der Waals surface area contributed by atoms with Crippen molar-refractivity contribution in [3.05, 3.63) is 99.5 Å². The number of rotatable bonds is 4. The van der Waals surface area contributed by atoms with Crippen LogP contribution < -0.4 is 10.2 Å². The normalized spacial score (nSPS) is 21.6. The third-order valence-electron chi connectivity index (χ3n) is 7.66. The highest BCUT2D eigenvalue weighted by molar-refractivity contribution is 6.30. The van der Waals surface area contributed by atoms with Crippen LogP contribution in [-0.2, 0) is 0 Å². The number of nitrogens with one attached hydrogen (secondary N) is 1. The van der Waals surface area contributed by atoms with E-state index in [2.05, 4.69) is 34.5 Å². The number of carbonyl (C=O) groups excluding carboxylic acids is 1. The highest BCUT2D eigenvalue weighted by atomic mass is 35.5. The molecule has 3 heterocycles. The van der Waals surface area contributed by atoms with E-state index in [1.54, 1.807) is 0 Å². The van der Waals surface area contributed by atoms with E-state index in [0.29, 0.717) is 29.0 Å². The molecule has 8 heteroatoms. The maximum Gasteiger partial charge on any atom is 0.326 e. The molecule has 196 valence electrons. The van der Waals surface area contributed by atoms with Gasteiger partial charge in [0, 0.05) is 60.6 Å². The number of benzene rings is 3. The van der Waals surface area contributed by atoms with Crippen molar-refractivity contribution in [2.24, 2.45) is 4.99 Å². The van der Waals surface area contributed by atoms with Crippen molar-refractivity contribution in [1.82, 2.24) is 15.1 Å². The van der Waals surface area contributed by atoms with Crippen LogP contribution in [0.3, 0.4) is 0 Å². The first kappa shape index (κ1) is 25.2. The highest BCUT2D eigenvalue weighted by Gasteiger charge is 2.44. The molecule has 0 saturated carbocycles. The van der Waals surface area contributed by atoms with Crippen LogP contribution in [0.1, 0.15) is 41.6 Å². The molecule has 0 aliphatic carbocycles. The van der Waals surface area contributed by atoms with Gasteiger partial charge in [-0.1, -0.05) is 59.6 Å². The molecule has 38 heavy (non-hydrogen) atoms. The maximum absolute atomic E-state index is 14.3. The summed E-state index contributed by atoms with van der Waals surface area (Å²) < 4.78 is 0. The summed E-state index contributed by atoms with van der Waals surface area (Å²) in [6, 6.07) is 23.4. The second-order valence-corrected chi connectivity index (χ2v) is 11.0. The van der Waals surface area contributed by atoms with E-state index in [-0.39, 0.29) is 18.1 Å². The van der Waals surface area contributed by atoms with Crippen LogP contribution >= 0.6 is 23.2 Å². The van der Waals surface area contributed by atoms with Crippen molar-refractivity contribution >= 4 is 40.8 Å². The summed E-state index contributed by atoms with van der Waals surface area (Å²) in [4.78, 5) is 25.8. The molecule has 2 atom stereocenters. The van der Waals surface area contributed by atoms with Gasteiger partial charge in [-0.3, -0.25) is 9.89 Å². The van der Waals surface area contributed by atoms with Crippen molar-refractivity contribution in [1.29, 1.82) is 0 Å². The van der Waals surface area contributed by atoms with Gasteiger partial charge in [-0.15, -0.1) is 0 Å². The van der Waals surface area contributed by atoms with Crippen molar-refractivity contribution in [2.45, 2.75) is 24.9 Å². The molecule has 0 spiro atoms. The molecule has 1 N–H and O–H groups in total. The molecule has 6 rings (SSSR count). The Balaban J connectivity index is 1.48. The maximum atomic E-state index is 14.3. The Morgan fingerprint density at radius 1 is 0.816 bits per heavy atom. The SMILES string of the molecule is O=C(N1CCNCC1)N1C(c2cccc(N3CCCC3)c2)=N[C@H](c2ccc(Cl)cc2)[C@@H]1c1ccc(Cl)cc1. The van der Waals surface area contributed by atoms with Crippen LogP contribution in [0, 0.1) is 0 Å². The van der Waals surface area contributed by atoms with E-state index in [9.17, 15) is 4.79 Å². The van der Waals surface area contributed by atoms with Crippen LogP contribution in [-0.4, -0.2) is 60.9 Å². The Morgan fingerprint density at radius 2 is 1.45 bits per heavy atom. The first-order chi connectivity index (χ1) is 18.6. The second kappa shape index (κ2) is 11.0. The first-order valence-corrected chi connectivity index (χ1v) is 14.1. The molecular weight excluding hydrogens is 517 g/mol. The van der Waals surface area contributed by atoms with Crippen molar-refractivity contribution in [3.8, 4) is 0 Å². The molecule has 2 fully saturated rings. The minimum atomic E-state index is -0.318. The van der Waals surface area contributed by atoms with Gasteiger partial charge in [0.05, 0.1) is 6.04 Å². The van der Waals surface area contributed by atoms with Crippen LogP contribution in [0.25, 0.3) is 0 Å². The Kier molecular flexibility index (Phi) is 7.28. The van der Waals surface area contributed by atoms with E-state index < -0.39 is 0 Å². The molecule has 0 bridgehead atoms. The Hall–Kier alpha value is -3.06. The number of hydrogen-bond acceptors (Lipinski definition) is 4. The van der Waals surface area contributed by atoms with Crippen molar-refractivity contribution in [3.63, 3.8) is 0 Å². The van der Waals surface area contributed by atoms with Gasteiger partial charge in [-0.2, -0.15) is 0 Å². The molecule has 0 radical (unpaired) electrons. The fraction of sp³-hybridized carbons (Fsp3) is 0.333. The molecular formula is C30H31Cl2N5O. The number of amidine groups is 1. The molecule has 3 aliphatic heterocycles. The van der Waals surface area contributed by atoms with Crippen molar-refractivity contribution in [2.75, 3.05) is 44.2 Å². The van der Waals surface area contributed by atoms with E-state index in [1.165, 1.54) is 18.5 Å². The fourth-order valence-electron chi connectivity index (χ4n) is 5.69. The zero-order valence-electron chi connectivity index (χ0n) is 21.2. The van der Waals surface area contributed by atoms with Gasteiger partial charge in [0.2, 0.25) is 0 Å². The van der Waals surface area contributed by atoms with Crippen LogP contribution in [0.15, 0.2) is 77.8 Å². The van der Waals surface area contributed by atoms with Crippen LogP contribution in [0.4, 0.5) is 10.5 Å². The number of hydrogen-bond donors (Lipinski definition) is 1. The fourth-order valence-corrected chi connectivity index (χ4v) is 5.95. The molecule has 6 nitrogen and oxygen atoms in total. The first-order valence-electron chi connectivity index (χ1n) is 13.3. The average Bonchev–Trinajstić information content (AvgIpc) is 3.63. The standard InChI is InChI=1S/C30H31Cl2N5O/c31-24-10-6-21(7-11-24)27-28(22-8-12-25(32)13-9-22)37(30(38)36-18-14-33-15-19-36)29(34-27)23-4-3-5-26(20-23)35-16-1-2-17-35/h3-13,20,27-28,33H,1-2,14-19H2/t27-,28+/m1/s1. The zero-order valence-corrected chi connectivity index (χ0v) is 22.7. The van der Waals surface area contributed by atoms with E-state index >= 15 is 0 Å². The Bertz CT molecular complexity index is 1320. The number of piperazine rings is 1. The largest absolute Gasteiger partial charge is 0.372 e. The number of aliphatic imine (C=N–C) groups is 1. The third-order valence-corrected chi connectivity index (χ3v) is 8.16. The number of carbonyl (C=O) groups is 1. The monoisotopic (exact) mass is 547 g/mol. The summed E-state index contributed by atoms with van der Waals surface area (Å²) in [5.74, 6) is 0.703. The van der Waals surface area contributed by atoms with Gasteiger partial charge in [-0.05, 0) is 60.4 Å². The summed E-state index contributed by atoms with van der Waals surface area (Å²) >= 11 is 12.5. The molecule has 3 aromatic carbocycles. The molecule has 0 unspecified atom stereocenters. The van der Waals surface area contributed by atoms with E-state index in [1.807, 2.05) is 58.3 Å². The summed E-state index contributed by atoms with van der Waals surface area (Å²) in [6.07, 6.45) is 2.41. The molecule has 3 aliphatic rings. The van der Waals surface area contributed by atoms with Crippen LogP contribution in [0.5, 0.6) is 0 Å². The summed E-state index contributed by atoms with van der Waals surface area (Å²) in [5.41, 5.74) is 4.13. The van der Waals surface area contributed by atoms with E-state index in [4.69, 9.17) is 28.2 Å². The minimum Gasteiger partial charge on any atom is -0.372 e. The molecule has 0 aromatic heterocycles.